The first-order valence-corrected chi connectivity index (χ1v) is 10.7. The summed E-state index contributed by atoms with van der Waals surface area (Å²) in [6.07, 6.45) is 2.59. The summed E-state index contributed by atoms with van der Waals surface area (Å²) in [5.41, 5.74) is 0.639. The minimum atomic E-state index is 0.118. The molecule has 20 heavy (non-hydrogen) atoms. The molecule has 2 saturated carbocycles. The molecule has 3 fully saturated rings. The van der Waals surface area contributed by atoms with Crippen molar-refractivity contribution >= 4 is 56.6 Å². The molecular formula is C14H18O2S4. The number of rotatable bonds is 5. The molecule has 5 unspecified atom stereocenters. The largest absolute Gasteiger partial charge is 0.282 e. The number of hydrogen-bond donors (Lipinski definition) is 0. The van der Waals surface area contributed by atoms with E-state index in [1.165, 1.54) is 24.6 Å². The Hall–Kier alpha value is 0.480. The van der Waals surface area contributed by atoms with E-state index >= 15 is 0 Å². The molecular weight excluding hydrogens is 328 g/mol. The summed E-state index contributed by atoms with van der Waals surface area (Å²) in [5, 5.41) is 2.01. The molecule has 1 heterocycles. The van der Waals surface area contributed by atoms with Crippen molar-refractivity contribution < 1.29 is 9.59 Å². The van der Waals surface area contributed by atoms with E-state index in [2.05, 4.69) is 6.58 Å². The van der Waals surface area contributed by atoms with E-state index in [4.69, 9.17) is 0 Å². The highest BCUT2D eigenvalue weighted by Gasteiger charge is 2.57. The fraction of sp³-hybridized carbons (Fsp3) is 0.714. The molecule has 6 heteroatoms. The van der Waals surface area contributed by atoms with Gasteiger partial charge in [-0.25, -0.2) is 0 Å². The van der Waals surface area contributed by atoms with E-state index in [9.17, 15) is 9.59 Å². The van der Waals surface area contributed by atoms with Crippen molar-refractivity contribution in [1.82, 2.24) is 0 Å². The van der Waals surface area contributed by atoms with E-state index in [0.717, 1.165) is 23.3 Å². The maximum absolute atomic E-state index is 11.6. The lowest BCUT2D eigenvalue weighted by atomic mass is 9.99. The first-order chi connectivity index (χ1) is 9.56. The van der Waals surface area contributed by atoms with Gasteiger partial charge in [0.15, 0.2) is 0 Å². The van der Waals surface area contributed by atoms with Crippen LogP contribution in [0.1, 0.15) is 19.8 Å². The van der Waals surface area contributed by atoms with Crippen LogP contribution in [0.4, 0.5) is 4.79 Å². The molecule has 110 valence electrons. The topological polar surface area (TPSA) is 34.1 Å². The van der Waals surface area contributed by atoms with E-state index in [-0.39, 0.29) is 5.12 Å². The Bertz CT molecular complexity index is 450. The van der Waals surface area contributed by atoms with Crippen molar-refractivity contribution in [3.05, 3.63) is 12.2 Å². The maximum Gasteiger partial charge on any atom is 0.246 e. The average Bonchev–Trinajstić information content (AvgIpc) is 3.04. The molecule has 0 aromatic carbocycles. The zero-order chi connectivity index (χ0) is 14.3. The minimum absolute atomic E-state index is 0.118. The van der Waals surface area contributed by atoms with Gasteiger partial charge in [-0.2, -0.15) is 11.8 Å². The molecule has 0 N–H and O–H groups in total. The highest BCUT2D eigenvalue weighted by molar-refractivity contribution is 8.41. The molecule has 0 amide bonds. The highest BCUT2D eigenvalue weighted by atomic mass is 32.2. The monoisotopic (exact) mass is 346 g/mol. The van der Waals surface area contributed by atoms with Crippen molar-refractivity contribution in [3.63, 3.8) is 0 Å². The Morgan fingerprint density at radius 3 is 2.80 bits per heavy atom. The second kappa shape index (κ2) is 6.31. The summed E-state index contributed by atoms with van der Waals surface area (Å²) < 4.78 is 0.336. The van der Waals surface area contributed by atoms with Gasteiger partial charge in [0.05, 0.1) is 0 Å². The van der Waals surface area contributed by atoms with Crippen LogP contribution in [0.15, 0.2) is 12.2 Å². The summed E-state index contributed by atoms with van der Waals surface area (Å²) in [6.45, 7) is 5.44. The summed E-state index contributed by atoms with van der Waals surface area (Å²) in [6, 6.07) is 0. The second-order valence-electron chi connectivity index (χ2n) is 5.64. The molecule has 3 rings (SSSR count). The van der Waals surface area contributed by atoms with Crippen molar-refractivity contribution in [2.75, 3.05) is 11.5 Å². The van der Waals surface area contributed by atoms with Gasteiger partial charge >= 0.3 is 0 Å². The first-order valence-electron chi connectivity index (χ1n) is 6.87. The first kappa shape index (κ1) is 15.4. The zero-order valence-electron chi connectivity index (χ0n) is 11.4. The van der Waals surface area contributed by atoms with Crippen molar-refractivity contribution in [3.8, 4) is 0 Å². The van der Waals surface area contributed by atoms with Crippen LogP contribution in [-0.4, -0.2) is 36.8 Å². The molecule has 0 aromatic heterocycles. The normalized spacial score (nSPS) is 38.2. The van der Waals surface area contributed by atoms with E-state index in [1.807, 2.05) is 11.8 Å². The molecule has 2 bridgehead atoms. The number of carbonyl (C=O) groups is 2. The number of thioether (sulfide) groups is 4. The summed E-state index contributed by atoms with van der Waals surface area (Å²) in [5.74, 6) is 3.39. The summed E-state index contributed by atoms with van der Waals surface area (Å²) in [4.78, 5) is 23.0. The van der Waals surface area contributed by atoms with Crippen LogP contribution < -0.4 is 0 Å². The number of carbonyl (C=O) groups excluding carboxylic acids is 2. The van der Waals surface area contributed by atoms with E-state index in [0.29, 0.717) is 25.8 Å². The van der Waals surface area contributed by atoms with Gasteiger partial charge in [0.1, 0.15) is 0 Å². The van der Waals surface area contributed by atoms with Crippen LogP contribution in [0.5, 0.6) is 0 Å². The summed E-state index contributed by atoms with van der Waals surface area (Å²) in [7, 11) is 0. The minimum Gasteiger partial charge on any atom is -0.282 e. The van der Waals surface area contributed by atoms with Crippen molar-refractivity contribution in [1.29, 1.82) is 0 Å². The standard InChI is InChI=1S/C14H18O2S4/c1-7(2)13(15)18-4-3-17-10-6-8-5-9(10)12-11(8)19-14(16)20-12/h8-12H,1,3-6H2,2H3. The van der Waals surface area contributed by atoms with Gasteiger partial charge in [0.2, 0.25) is 9.56 Å². The highest BCUT2D eigenvalue weighted by Crippen LogP contribution is 2.61. The summed E-state index contributed by atoms with van der Waals surface area (Å²) >= 11 is 6.58. The van der Waals surface area contributed by atoms with Crippen LogP contribution in [0, 0.1) is 11.8 Å². The molecule has 3 aliphatic rings. The third-order valence-corrected chi connectivity index (χ3v) is 9.95. The van der Waals surface area contributed by atoms with Gasteiger partial charge < -0.3 is 0 Å². The van der Waals surface area contributed by atoms with E-state index < -0.39 is 0 Å². The lowest BCUT2D eigenvalue weighted by Gasteiger charge is -2.29. The lowest BCUT2D eigenvalue weighted by Crippen LogP contribution is -2.31. The maximum atomic E-state index is 11.6. The molecule has 0 radical (unpaired) electrons. The molecule has 0 spiro atoms. The fourth-order valence-corrected chi connectivity index (χ4v) is 9.13. The van der Waals surface area contributed by atoms with Gasteiger partial charge in [-0.3, -0.25) is 9.59 Å². The Kier molecular flexibility index (Phi) is 4.85. The number of hydrogen-bond acceptors (Lipinski definition) is 6. The van der Waals surface area contributed by atoms with E-state index in [1.54, 1.807) is 30.4 Å². The van der Waals surface area contributed by atoms with Crippen LogP contribution >= 0.6 is 47.0 Å². The molecule has 2 aliphatic carbocycles. The zero-order valence-corrected chi connectivity index (χ0v) is 14.6. The van der Waals surface area contributed by atoms with Crippen molar-refractivity contribution in [2.24, 2.45) is 11.8 Å². The Morgan fingerprint density at radius 1 is 1.30 bits per heavy atom. The third kappa shape index (κ3) is 2.99. The fourth-order valence-electron chi connectivity index (χ4n) is 3.41. The Labute approximate surface area is 137 Å². The van der Waals surface area contributed by atoms with Crippen molar-refractivity contribution in [2.45, 2.75) is 35.5 Å². The van der Waals surface area contributed by atoms with Crippen LogP contribution in [-0.2, 0) is 4.79 Å². The SMILES string of the molecule is C=C(C)C(=O)SCCSC1CC2CC1C1SC(=O)SC21. The smallest absolute Gasteiger partial charge is 0.246 e. The second-order valence-corrected chi connectivity index (χ2v) is 10.6. The van der Waals surface area contributed by atoms with Crippen LogP contribution in [0.3, 0.4) is 0 Å². The Balaban J connectivity index is 1.43. The molecule has 1 saturated heterocycles. The average molecular weight is 347 g/mol. The number of fused-ring (bicyclic) bond motifs is 5. The molecule has 0 aromatic rings. The van der Waals surface area contributed by atoms with Crippen LogP contribution in [0.2, 0.25) is 0 Å². The Morgan fingerprint density at radius 2 is 2.05 bits per heavy atom. The van der Waals surface area contributed by atoms with Gasteiger partial charge in [0, 0.05) is 27.3 Å². The predicted molar refractivity (Wildman–Crippen MR) is 92.9 cm³/mol. The molecule has 1 aliphatic heterocycles. The van der Waals surface area contributed by atoms with Gasteiger partial charge in [-0.05, 0) is 37.2 Å². The van der Waals surface area contributed by atoms with Gasteiger partial charge in [-0.15, -0.1) is 0 Å². The third-order valence-electron chi connectivity index (χ3n) is 4.26. The van der Waals surface area contributed by atoms with Crippen LogP contribution in [0.25, 0.3) is 0 Å². The molecule has 5 atom stereocenters. The lowest BCUT2D eigenvalue weighted by molar-refractivity contribution is -0.107. The van der Waals surface area contributed by atoms with Gasteiger partial charge in [-0.1, -0.05) is 41.9 Å². The van der Waals surface area contributed by atoms with Gasteiger partial charge in [0.25, 0.3) is 0 Å². The predicted octanol–water partition coefficient (Wildman–Crippen LogP) is 4.30. The quantitative estimate of drug-likeness (QED) is 0.545. The molecule has 2 nitrogen and oxygen atoms in total.